The van der Waals surface area contributed by atoms with Gasteiger partial charge in [0.2, 0.25) is 5.91 Å². The van der Waals surface area contributed by atoms with Crippen LogP contribution in [0.5, 0.6) is 0 Å². The molecule has 0 atom stereocenters. The normalized spacial score (nSPS) is 10.0. The summed E-state index contributed by atoms with van der Waals surface area (Å²) in [4.78, 5) is 25.7. The Morgan fingerprint density at radius 2 is 2.19 bits per heavy atom. The minimum Gasteiger partial charge on any atom is -0.478 e. The van der Waals surface area contributed by atoms with Crippen LogP contribution in [0.15, 0.2) is 24.3 Å². The molecule has 0 aromatic heterocycles. The maximum Gasteiger partial charge on any atom is 0.335 e. The van der Waals surface area contributed by atoms with E-state index in [9.17, 15) is 9.59 Å². The minimum atomic E-state index is -0.986. The van der Waals surface area contributed by atoms with E-state index in [-0.39, 0.29) is 12.2 Å². The van der Waals surface area contributed by atoms with E-state index in [1.165, 1.54) is 12.1 Å². The third-order valence-electron chi connectivity index (χ3n) is 1.77. The number of rotatable bonds is 6. The van der Waals surface area contributed by atoms with Crippen LogP contribution in [0.2, 0.25) is 0 Å². The highest BCUT2D eigenvalue weighted by Gasteiger charge is 2.02. The molecule has 0 bridgehead atoms. The number of carboxylic acids is 1. The molecule has 16 heavy (non-hydrogen) atoms. The predicted molar refractivity (Wildman–Crippen MR) is 55.4 cm³/mol. The Labute approximate surface area is 92.0 Å². The number of hydroxylamine groups is 1. The van der Waals surface area contributed by atoms with Gasteiger partial charge in [-0.15, -0.1) is 0 Å². The number of hydrogen-bond acceptors (Lipinski definition) is 4. The van der Waals surface area contributed by atoms with Crippen molar-refractivity contribution >= 4 is 11.9 Å². The summed E-state index contributed by atoms with van der Waals surface area (Å²) in [5, 5.41) is 8.74. The van der Waals surface area contributed by atoms with Gasteiger partial charge in [0.25, 0.3) is 0 Å². The number of nitrogens with two attached hydrogens (primary N) is 1. The zero-order valence-electron chi connectivity index (χ0n) is 8.47. The van der Waals surface area contributed by atoms with Gasteiger partial charge in [0.15, 0.2) is 0 Å². The fourth-order valence-corrected chi connectivity index (χ4v) is 1.07. The molecule has 0 aliphatic heterocycles. The number of carbonyl (C=O) groups is 2. The Balaban J connectivity index is 2.45. The van der Waals surface area contributed by atoms with Crippen LogP contribution < -0.4 is 11.2 Å². The Morgan fingerprint density at radius 1 is 1.44 bits per heavy atom. The number of aromatic carboxylic acids is 1. The lowest BCUT2D eigenvalue weighted by Crippen LogP contribution is -2.24. The van der Waals surface area contributed by atoms with Gasteiger partial charge in [0.05, 0.1) is 5.56 Å². The Bertz CT molecular complexity index is 392. The highest BCUT2D eigenvalue weighted by molar-refractivity contribution is 5.87. The van der Waals surface area contributed by atoms with E-state index in [1.807, 2.05) is 0 Å². The summed E-state index contributed by atoms with van der Waals surface area (Å²) in [5.74, 6) is -1.56. The van der Waals surface area contributed by atoms with Crippen LogP contribution in [0.1, 0.15) is 15.9 Å². The van der Waals surface area contributed by atoms with Gasteiger partial charge in [0.1, 0.15) is 6.61 Å². The second kappa shape index (κ2) is 5.84. The maximum atomic E-state index is 10.7. The fraction of sp³-hybridized carbons (Fsp3) is 0.200. The van der Waals surface area contributed by atoms with Crippen molar-refractivity contribution < 1.29 is 19.5 Å². The highest BCUT2D eigenvalue weighted by Crippen LogP contribution is 2.04. The second-order valence-electron chi connectivity index (χ2n) is 3.08. The van der Waals surface area contributed by atoms with Crippen molar-refractivity contribution in [2.75, 3.05) is 6.61 Å². The molecule has 1 aromatic rings. The zero-order valence-corrected chi connectivity index (χ0v) is 8.47. The van der Waals surface area contributed by atoms with E-state index < -0.39 is 11.9 Å². The zero-order chi connectivity index (χ0) is 12.0. The van der Waals surface area contributed by atoms with Gasteiger partial charge in [-0.05, 0) is 17.7 Å². The molecule has 1 rings (SSSR count). The predicted octanol–water partition coefficient (Wildman–Crippen LogP) is -0.109. The number of carboxylic acid groups (broad SMARTS) is 1. The first-order chi connectivity index (χ1) is 7.59. The van der Waals surface area contributed by atoms with Crippen molar-refractivity contribution in [2.24, 2.45) is 5.73 Å². The van der Waals surface area contributed by atoms with Crippen molar-refractivity contribution in [3.63, 3.8) is 0 Å². The van der Waals surface area contributed by atoms with Gasteiger partial charge >= 0.3 is 5.97 Å². The number of carbonyl (C=O) groups excluding carboxylic acids is 1. The fourth-order valence-electron chi connectivity index (χ4n) is 1.07. The molecule has 0 saturated heterocycles. The first-order valence-corrected chi connectivity index (χ1v) is 4.55. The summed E-state index contributed by atoms with van der Waals surface area (Å²) in [6.07, 6.45) is 0. The molecule has 0 aliphatic rings. The summed E-state index contributed by atoms with van der Waals surface area (Å²) < 4.78 is 0. The van der Waals surface area contributed by atoms with Gasteiger partial charge in [0, 0.05) is 6.54 Å². The van der Waals surface area contributed by atoms with Crippen molar-refractivity contribution in [3.8, 4) is 0 Å². The number of primary amides is 1. The van der Waals surface area contributed by atoms with E-state index in [2.05, 4.69) is 5.48 Å². The van der Waals surface area contributed by atoms with Gasteiger partial charge in [-0.3, -0.25) is 9.63 Å². The average Bonchev–Trinajstić information content (AvgIpc) is 2.24. The molecule has 1 amide bonds. The first kappa shape index (κ1) is 12.2. The van der Waals surface area contributed by atoms with Crippen LogP contribution in [-0.4, -0.2) is 23.6 Å². The molecule has 4 N–H and O–H groups in total. The summed E-state index contributed by atoms with van der Waals surface area (Å²) in [6, 6.07) is 6.39. The second-order valence-corrected chi connectivity index (χ2v) is 3.08. The molecule has 86 valence electrons. The van der Waals surface area contributed by atoms with Gasteiger partial charge in [-0.2, -0.15) is 5.48 Å². The number of benzene rings is 1. The number of hydrogen-bond donors (Lipinski definition) is 3. The lowest BCUT2D eigenvalue weighted by molar-refractivity contribution is -0.125. The van der Waals surface area contributed by atoms with Crippen molar-refractivity contribution in [2.45, 2.75) is 6.54 Å². The standard InChI is InChI=1S/C10H12N2O4/c11-9(13)6-16-12-5-7-2-1-3-8(4-7)10(14)15/h1-4,12H,5-6H2,(H2,11,13)(H,14,15). The molecule has 6 heteroatoms. The van der Waals surface area contributed by atoms with Crippen LogP contribution in [0.3, 0.4) is 0 Å². The molecular weight excluding hydrogens is 212 g/mol. The van der Waals surface area contributed by atoms with E-state index in [1.54, 1.807) is 12.1 Å². The number of amides is 1. The quantitative estimate of drug-likeness (QED) is 0.462. The van der Waals surface area contributed by atoms with Crippen molar-refractivity contribution in [1.29, 1.82) is 0 Å². The molecule has 6 nitrogen and oxygen atoms in total. The molecule has 0 saturated carbocycles. The monoisotopic (exact) mass is 224 g/mol. The van der Waals surface area contributed by atoms with E-state index >= 15 is 0 Å². The van der Waals surface area contributed by atoms with Crippen LogP contribution >= 0.6 is 0 Å². The Kier molecular flexibility index (Phi) is 4.43. The summed E-state index contributed by atoms with van der Waals surface area (Å²) >= 11 is 0. The van der Waals surface area contributed by atoms with Crippen LogP contribution in [0.4, 0.5) is 0 Å². The van der Waals surface area contributed by atoms with Crippen LogP contribution in [0.25, 0.3) is 0 Å². The lowest BCUT2D eigenvalue weighted by atomic mass is 10.1. The van der Waals surface area contributed by atoms with E-state index in [0.29, 0.717) is 6.54 Å². The summed E-state index contributed by atoms with van der Waals surface area (Å²) in [6.45, 7) is 0.0764. The van der Waals surface area contributed by atoms with Crippen LogP contribution in [0, 0.1) is 0 Å². The largest absolute Gasteiger partial charge is 0.478 e. The third kappa shape index (κ3) is 4.07. The van der Waals surface area contributed by atoms with Gasteiger partial charge in [-0.25, -0.2) is 4.79 Å². The van der Waals surface area contributed by atoms with Crippen molar-refractivity contribution in [3.05, 3.63) is 35.4 Å². The molecule has 0 fully saturated rings. The van der Waals surface area contributed by atoms with E-state index in [4.69, 9.17) is 15.7 Å². The molecule has 0 unspecified atom stereocenters. The van der Waals surface area contributed by atoms with Crippen molar-refractivity contribution in [1.82, 2.24) is 5.48 Å². The SMILES string of the molecule is NC(=O)CONCc1cccc(C(=O)O)c1. The Morgan fingerprint density at radius 3 is 2.81 bits per heavy atom. The minimum absolute atomic E-state index is 0.203. The highest BCUT2D eigenvalue weighted by atomic mass is 16.6. The molecular formula is C10H12N2O4. The maximum absolute atomic E-state index is 10.7. The van der Waals surface area contributed by atoms with E-state index in [0.717, 1.165) is 5.56 Å². The molecule has 0 heterocycles. The first-order valence-electron chi connectivity index (χ1n) is 4.55. The molecule has 0 spiro atoms. The summed E-state index contributed by atoms with van der Waals surface area (Å²) in [7, 11) is 0. The molecule has 1 aromatic carbocycles. The third-order valence-corrected chi connectivity index (χ3v) is 1.77. The van der Waals surface area contributed by atoms with Gasteiger partial charge in [-0.1, -0.05) is 12.1 Å². The lowest BCUT2D eigenvalue weighted by Gasteiger charge is -2.04. The topological polar surface area (TPSA) is 102 Å². The smallest absolute Gasteiger partial charge is 0.335 e. The number of nitrogens with one attached hydrogen (secondary N) is 1. The average molecular weight is 224 g/mol. The van der Waals surface area contributed by atoms with Crippen LogP contribution in [-0.2, 0) is 16.2 Å². The van der Waals surface area contributed by atoms with Gasteiger partial charge < -0.3 is 10.8 Å². The molecule has 0 radical (unpaired) electrons. The summed E-state index contributed by atoms with van der Waals surface area (Å²) in [5.41, 5.74) is 8.30. The Hall–Kier alpha value is -1.92. The molecule has 0 aliphatic carbocycles.